The summed E-state index contributed by atoms with van der Waals surface area (Å²) in [4.78, 5) is 39.8. The predicted molar refractivity (Wildman–Crippen MR) is 84.3 cm³/mol. The number of benzene rings is 1. The lowest BCUT2D eigenvalue weighted by atomic mass is 9.90. The molecule has 2 aliphatic heterocycles. The molecule has 1 aromatic carbocycles. The number of hydrogen-bond acceptors (Lipinski definition) is 3. The second kappa shape index (κ2) is 5.48. The molecule has 0 aromatic heterocycles. The molecule has 1 aliphatic carbocycles. The van der Waals surface area contributed by atoms with E-state index in [1.165, 1.54) is 17.5 Å². The number of imide groups is 1. The summed E-state index contributed by atoms with van der Waals surface area (Å²) in [6.07, 6.45) is 6.03. The number of amides is 3. The lowest BCUT2D eigenvalue weighted by Crippen LogP contribution is -2.37. The molecule has 0 saturated carbocycles. The quantitative estimate of drug-likeness (QED) is 0.635. The number of nitrogens with zero attached hydrogens (tertiary/aromatic N) is 2. The number of hydrogen-bond donors (Lipinski definition) is 0. The molecule has 0 N–H and O–H groups in total. The third kappa shape index (κ3) is 2.35. The van der Waals surface area contributed by atoms with Crippen LogP contribution in [0.3, 0.4) is 0 Å². The molecular formula is C18H20N2O3. The molecule has 5 heteroatoms. The second-order valence-electron chi connectivity index (χ2n) is 6.67. The maximum Gasteiger partial charge on any atom is 0.327 e. The molecule has 5 nitrogen and oxygen atoms in total. The summed E-state index contributed by atoms with van der Waals surface area (Å²) in [6, 6.07) is 5.16. The van der Waals surface area contributed by atoms with Gasteiger partial charge in [0.1, 0.15) is 6.04 Å². The van der Waals surface area contributed by atoms with Crippen LogP contribution in [0.15, 0.2) is 18.2 Å². The van der Waals surface area contributed by atoms with Gasteiger partial charge in [0.25, 0.3) is 5.91 Å². The molecule has 0 radical (unpaired) electrons. The van der Waals surface area contributed by atoms with Gasteiger partial charge in [0.2, 0.25) is 0 Å². The lowest BCUT2D eigenvalue weighted by molar-refractivity contribution is -0.127. The summed E-state index contributed by atoms with van der Waals surface area (Å²) in [7, 11) is 0. The van der Waals surface area contributed by atoms with Crippen molar-refractivity contribution in [3.8, 4) is 0 Å². The number of carbonyl (C=O) groups excluding carboxylic acids is 3. The van der Waals surface area contributed by atoms with E-state index in [4.69, 9.17) is 0 Å². The highest BCUT2D eigenvalue weighted by Gasteiger charge is 2.47. The zero-order valence-corrected chi connectivity index (χ0v) is 13.1. The van der Waals surface area contributed by atoms with Crippen LogP contribution in [0.5, 0.6) is 0 Å². The molecule has 1 aromatic rings. The monoisotopic (exact) mass is 312 g/mol. The fraction of sp³-hybridized carbons (Fsp3) is 0.500. The Labute approximate surface area is 135 Å². The summed E-state index contributed by atoms with van der Waals surface area (Å²) < 4.78 is 0. The Morgan fingerprint density at radius 2 is 1.87 bits per heavy atom. The molecular weight excluding hydrogens is 292 g/mol. The number of fused-ring (bicyclic) bond motifs is 2. The first-order chi connectivity index (χ1) is 11.1. The van der Waals surface area contributed by atoms with Crippen LogP contribution in [0.4, 0.5) is 4.79 Å². The Morgan fingerprint density at radius 1 is 1.09 bits per heavy atom. The topological polar surface area (TPSA) is 57.7 Å². The number of carbonyl (C=O) groups is 3. The minimum atomic E-state index is -0.334. The average molecular weight is 312 g/mol. The van der Waals surface area contributed by atoms with Crippen LogP contribution in [-0.2, 0) is 17.6 Å². The van der Waals surface area contributed by atoms with Gasteiger partial charge in [-0.05, 0) is 55.7 Å². The van der Waals surface area contributed by atoms with Gasteiger partial charge in [0.15, 0.2) is 5.78 Å². The number of Topliss-reactive ketones (excluding diaryl/α,β-unsaturated/α-hetero) is 1. The molecule has 120 valence electrons. The van der Waals surface area contributed by atoms with Gasteiger partial charge in [-0.3, -0.25) is 14.5 Å². The molecule has 0 bridgehead atoms. The van der Waals surface area contributed by atoms with Gasteiger partial charge in [0, 0.05) is 12.1 Å². The van der Waals surface area contributed by atoms with Crippen molar-refractivity contribution in [2.45, 2.75) is 44.6 Å². The Hall–Kier alpha value is -2.17. The number of urea groups is 1. The molecule has 2 saturated heterocycles. The smallest absolute Gasteiger partial charge is 0.312 e. The van der Waals surface area contributed by atoms with E-state index in [1.807, 2.05) is 18.2 Å². The summed E-state index contributed by atoms with van der Waals surface area (Å²) >= 11 is 0. The van der Waals surface area contributed by atoms with Crippen molar-refractivity contribution in [1.82, 2.24) is 9.80 Å². The minimum Gasteiger partial charge on any atom is -0.312 e. The zero-order chi connectivity index (χ0) is 16.0. The van der Waals surface area contributed by atoms with Crippen molar-refractivity contribution in [3.05, 3.63) is 34.9 Å². The SMILES string of the molecule is O=C(CN1C(=O)[C@@H]2CCCN2C1=O)c1ccc2c(c1)CCCC2. The fourth-order valence-corrected chi connectivity index (χ4v) is 3.97. The maximum absolute atomic E-state index is 12.5. The average Bonchev–Trinajstić information content (AvgIpc) is 3.14. The van der Waals surface area contributed by atoms with Crippen LogP contribution >= 0.6 is 0 Å². The Morgan fingerprint density at radius 3 is 2.65 bits per heavy atom. The van der Waals surface area contributed by atoms with Crippen molar-refractivity contribution in [2.75, 3.05) is 13.1 Å². The second-order valence-corrected chi connectivity index (χ2v) is 6.67. The zero-order valence-electron chi connectivity index (χ0n) is 13.1. The molecule has 1 atom stereocenters. The molecule has 2 fully saturated rings. The highest BCUT2D eigenvalue weighted by Crippen LogP contribution is 2.28. The number of rotatable bonds is 3. The largest absolute Gasteiger partial charge is 0.327 e. The van der Waals surface area contributed by atoms with E-state index in [0.29, 0.717) is 18.5 Å². The van der Waals surface area contributed by atoms with Crippen LogP contribution in [0.1, 0.15) is 47.2 Å². The van der Waals surface area contributed by atoms with E-state index in [-0.39, 0.29) is 30.3 Å². The van der Waals surface area contributed by atoms with Crippen LogP contribution in [-0.4, -0.2) is 46.7 Å². The highest BCUT2D eigenvalue weighted by atomic mass is 16.2. The third-order valence-electron chi connectivity index (χ3n) is 5.25. The first-order valence-electron chi connectivity index (χ1n) is 8.42. The van der Waals surface area contributed by atoms with Gasteiger partial charge < -0.3 is 4.90 Å². The molecule has 3 aliphatic rings. The highest BCUT2D eigenvalue weighted by molar-refractivity contribution is 6.09. The molecule has 3 amide bonds. The Kier molecular flexibility index (Phi) is 3.43. The van der Waals surface area contributed by atoms with Gasteiger partial charge in [0.05, 0.1) is 6.54 Å². The van der Waals surface area contributed by atoms with Crippen LogP contribution in [0.25, 0.3) is 0 Å². The van der Waals surface area contributed by atoms with E-state index in [1.54, 1.807) is 4.90 Å². The van der Waals surface area contributed by atoms with Crippen molar-refractivity contribution in [1.29, 1.82) is 0 Å². The molecule has 23 heavy (non-hydrogen) atoms. The van der Waals surface area contributed by atoms with Crippen LogP contribution in [0, 0.1) is 0 Å². The van der Waals surface area contributed by atoms with Crippen molar-refractivity contribution < 1.29 is 14.4 Å². The summed E-state index contributed by atoms with van der Waals surface area (Å²) in [6.45, 7) is 0.488. The van der Waals surface area contributed by atoms with E-state index < -0.39 is 0 Å². The molecule has 0 spiro atoms. The summed E-state index contributed by atoms with van der Waals surface area (Å²) in [5, 5.41) is 0. The molecule has 0 unspecified atom stereocenters. The first kappa shape index (κ1) is 14.4. The summed E-state index contributed by atoms with van der Waals surface area (Å²) in [5.41, 5.74) is 3.17. The fourth-order valence-electron chi connectivity index (χ4n) is 3.97. The van der Waals surface area contributed by atoms with E-state index >= 15 is 0 Å². The van der Waals surface area contributed by atoms with E-state index in [0.717, 1.165) is 30.6 Å². The Balaban J connectivity index is 1.52. The summed E-state index contributed by atoms with van der Waals surface area (Å²) in [5.74, 6) is -0.361. The lowest BCUT2D eigenvalue weighted by Gasteiger charge is -2.18. The van der Waals surface area contributed by atoms with E-state index in [2.05, 4.69) is 0 Å². The van der Waals surface area contributed by atoms with Gasteiger partial charge in [-0.25, -0.2) is 4.79 Å². The third-order valence-corrected chi connectivity index (χ3v) is 5.25. The predicted octanol–water partition coefficient (Wildman–Crippen LogP) is 2.17. The van der Waals surface area contributed by atoms with Crippen molar-refractivity contribution in [2.24, 2.45) is 0 Å². The van der Waals surface area contributed by atoms with Gasteiger partial charge in [-0.15, -0.1) is 0 Å². The number of ketones is 1. The number of aryl methyl sites for hydroxylation is 2. The van der Waals surface area contributed by atoms with Crippen LogP contribution in [0.2, 0.25) is 0 Å². The van der Waals surface area contributed by atoms with Gasteiger partial charge in [-0.1, -0.05) is 12.1 Å². The van der Waals surface area contributed by atoms with Crippen LogP contribution < -0.4 is 0 Å². The molecule has 2 heterocycles. The molecule has 4 rings (SSSR count). The normalized spacial score (nSPS) is 23.2. The van der Waals surface area contributed by atoms with E-state index in [9.17, 15) is 14.4 Å². The minimum absolute atomic E-state index is 0.135. The van der Waals surface area contributed by atoms with Crippen molar-refractivity contribution in [3.63, 3.8) is 0 Å². The Bertz CT molecular complexity index is 676. The van der Waals surface area contributed by atoms with Gasteiger partial charge >= 0.3 is 6.03 Å². The van der Waals surface area contributed by atoms with Crippen molar-refractivity contribution >= 4 is 17.7 Å². The van der Waals surface area contributed by atoms with Gasteiger partial charge in [-0.2, -0.15) is 0 Å². The standard InChI is InChI=1S/C18H20N2O3/c21-16(14-8-7-12-4-1-2-5-13(12)10-14)11-20-17(22)15-6-3-9-19(15)18(20)23/h7-8,10,15H,1-6,9,11H2/t15-/m0/s1. The maximum atomic E-state index is 12.5. The first-order valence-corrected chi connectivity index (χ1v) is 8.42.